The van der Waals surface area contributed by atoms with Crippen molar-refractivity contribution in [2.75, 3.05) is 23.4 Å². The summed E-state index contributed by atoms with van der Waals surface area (Å²) in [6, 6.07) is 15.4. The molecule has 1 aliphatic heterocycles. The third-order valence-electron chi connectivity index (χ3n) is 3.59. The van der Waals surface area contributed by atoms with Crippen molar-refractivity contribution in [3.63, 3.8) is 0 Å². The van der Waals surface area contributed by atoms with Crippen LogP contribution in [0.2, 0.25) is 0 Å². The second-order valence-electron chi connectivity index (χ2n) is 5.39. The van der Waals surface area contributed by atoms with Crippen LogP contribution in [0.5, 0.6) is 5.75 Å². The molecule has 4 nitrogen and oxygen atoms in total. The van der Waals surface area contributed by atoms with Crippen LogP contribution in [0, 0.1) is 0 Å². The highest BCUT2D eigenvalue weighted by atomic mass is 32.2. The number of ether oxygens (including phenoxy) is 1. The van der Waals surface area contributed by atoms with Crippen LogP contribution in [0.1, 0.15) is 13.8 Å². The molecule has 0 bridgehead atoms. The lowest BCUT2D eigenvalue weighted by molar-refractivity contribution is 0.256. The van der Waals surface area contributed by atoms with Crippen molar-refractivity contribution in [3.05, 3.63) is 48.5 Å². The predicted molar refractivity (Wildman–Crippen MR) is 95.7 cm³/mol. The van der Waals surface area contributed by atoms with Crippen LogP contribution in [-0.4, -0.2) is 24.4 Å². The van der Waals surface area contributed by atoms with Crippen LogP contribution in [0.3, 0.4) is 0 Å². The number of nitrogens with one attached hydrogen (secondary N) is 1. The molecule has 120 valence electrons. The first-order valence-corrected chi connectivity index (χ1v) is 8.62. The fraction of sp³-hybridized carbons (Fsp3) is 0.278. The molecular formula is C18H20N2O2S. The number of urea groups is 1. The summed E-state index contributed by atoms with van der Waals surface area (Å²) >= 11 is 1.81. The van der Waals surface area contributed by atoms with Crippen molar-refractivity contribution in [2.45, 2.75) is 24.0 Å². The molecule has 0 saturated heterocycles. The lowest BCUT2D eigenvalue weighted by Crippen LogP contribution is -2.41. The lowest BCUT2D eigenvalue weighted by Gasteiger charge is -2.32. The van der Waals surface area contributed by atoms with Gasteiger partial charge >= 0.3 is 6.03 Å². The van der Waals surface area contributed by atoms with Gasteiger partial charge < -0.3 is 10.1 Å². The number of anilines is 2. The summed E-state index contributed by atoms with van der Waals surface area (Å²) in [7, 11) is 0. The van der Waals surface area contributed by atoms with E-state index in [1.54, 1.807) is 0 Å². The van der Waals surface area contributed by atoms with E-state index in [0.717, 1.165) is 22.0 Å². The fourth-order valence-electron chi connectivity index (χ4n) is 2.57. The first-order chi connectivity index (χ1) is 11.2. The van der Waals surface area contributed by atoms with Crippen LogP contribution in [0.4, 0.5) is 16.2 Å². The number of fused-ring (bicyclic) bond motifs is 1. The largest absolute Gasteiger partial charge is 0.494 e. The maximum atomic E-state index is 12.7. The van der Waals surface area contributed by atoms with Crippen molar-refractivity contribution in [2.24, 2.45) is 0 Å². The fourth-order valence-corrected chi connectivity index (χ4v) is 3.69. The Morgan fingerprint density at radius 3 is 2.74 bits per heavy atom. The van der Waals surface area contributed by atoms with Crippen LogP contribution >= 0.6 is 11.8 Å². The molecule has 1 N–H and O–H groups in total. The zero-order valence-corrected chi connectivity index (χ0v) is 14.1. The monoisotopic (exact) mass is 328 g/mol. The second-order valence-corrected chi connectivity index (χ2v) is 6.87. The number of thioether (sulfide) groups is 1. The third kappa shape index (κ3) is 3.62. The van der Waals surface area contributed by atoms with Crippen LogP contribution < -0.4 is 15.0 Å². The standard InChI is InChI=1S/C18H20N2O2S/c1-3-22-15-10-8-14(9-11-15)19-18(21)20-12-13(2)23-17-7-5-4-6-16(17)20/h4-11,13H,3,12H2,1-2H3,(H,19,21)/t13-/m1/s1. The molecule has 23 heavy (non-hydrogen) atoms. The van der Waals surface area contributed by atoms with Crippen molar-refractivity contribution in [1.29, 1.82) is 0 Å². The Kier molecular flexibility index (Phi) is 4.76. The molecule has 2 aromatic rings. The van der Waals surface area contributed by atoms with E-state index in [0.29, 0.717) is 18.4 Å². The summed E-state index contributed by atoms with van der Waals surface area (Å²) in [6.07, 6.45) is 0. The lowest BCUT2D eigenvalue weighted by atomic mass is 10.2. The van der Waals surface area contributed by atoms with Crippen molar-refractivity contribution < 1.29 is 9.53 Å². The van der Waals surface area contributed by atoms with E-state index in [-0.39, 0.29) is 6.03 Å². The highest BCUT2D eigenvalue weighted by molar-refractivity contribution is 8.00. The minimum atomic E-state index is -0.103. The molecule has 2 amide bonds. The van der Waals surface area contributed by atoms with E-state index in [2.05, 4.69) is 18.3 Å². The highest BCUT2D eigenvalue weighted by Crippen LogP contribution is 2.38. The van der Waals surface area contributed by atoms with E-state index in [1.165, 1.54) is 0 Å². The minimum absolute atomic E-state index is 0.103. The maximum absolute atomic E-state index is 12.7. The summed E-state index contributed by atoms with van der Waals surface area (Å²) in [4.78, 5) is 15.6. The van der Waals surface area contributed by atoms with Crippen molar-refractivity contribution in [3.8, 4) is 5.75 Å². The van der Waals surface area contributed by atoms with Gasteiger partial charge in [0.05, 0.1) is 12.3 Å². The number of carbonyl (C=O) groups excluding carboxylic acids is 1. The van der Waals surface area contributed by atoms with Gasteiger partial charge in [-0.2, -0.15) is 0 Å². The van der Waals surface area contributed by atoms with Crippen molar-refractivity contribution >= 4 is 29.2 Å². The zero-order valence-electron chi connectivity index (χ0n) is 13.3. The van der Waals surface area contributed by atoms with Gasteiger partial charge in [0.1, 0.15) is 5.75 Å². The summed E-state index contributed by atoms with van der Waals surface area (Å²) in [5.74, 6) is 0.804. The summed E-state index contributed by atoms with van der Waals surface area (Å²) in [6.45, 7) is 5.41. The first-order valence-electron chi connectivity index (χ1n) is 7.74. The molecule has 2 aromatic carbocycles. The molecule has 0 spiro atoms. The minimum Gasteiger partial charge on any atom is -0.494 e. The van der Waals surface area contributed by atoms with E-state index in [9.17, 15) is 4.79 Å². The van der Waals surface area contributed by atoms with E-state index < -0.39 is 0 Å². The average molecular weight is 328 g/mol. The quantitative estimate of drug-likeness (QED) is 0.894. The maximum Gasteiger partial charge on any atom is 0.326 e. The number of hydrogen-bond acceptors (Lipinski definition) is 3. The van der Waals surface area contributed by atoms with Gasteiger partial charge in [0.15, 0.2) is 0 Å². The van der Waals surface area contributed by atoms with Gasteiger partial charge in [-0.3, -0.25) is 4.90 Å². The Labute approximate surface area is 140 Å². The summed E-state index contributed by atoms with van der Waals surface area (Å²) in [5, 5.41) is 3.34. The van der Waals surface area contributed by atoms with Crippen LogP contribution in [0.15, 0.2) is 53.4 Å². The summed E-state index contributed by atoms with van der Waals surface area (Å²) in [5.41, 5.74) is 1.74. The van der Waals surface area contributed by atoms with Gasteiger partial charge in [0.2, 0.25) is 0 Å². The molecule has 5 heteroatoms. The number of benzene rings is 2. The normalized spacial score (nSPS) is 16.6. The Hall–Kier alpha value is -2.14. The Bertz CT molecular complexity index is 688. The van der Waals surface area contributed by atoms with Crippen molar-refractivity contribution in [1.82, 2.24) is 0 Å². The zero-order chi connectivity index (χ0) is 16.2. The van der Waals surface area contributed by atoms with Gasteiger partial charge in [-0.25, -0.2) is 4.79 Å². The highest BCUT2D eigenvalue weighted by Gasteiger charge is 2.26. The molecular weight excluding hydrogens is 308 g/mol. The molecule has 0 aliphatic carbocycles. The number of amides is 2. The first kappa shape index (κ1) is 15.7. The van der Waals surface area contributed by atoms with Gasteiger partial charge in [-0.1, -0.05) is 19.1 Å². The Morgan fingerprint density at radius 2 is 2.00 bits per heavy atom. The van der Waals surface area contributed by atoms with E-state index >= 15 is 0 Å². The number of rotatable bonds is 3. The van der Waals surface area contributed by atoms with E-state index in [4.69, 9.17) is 4.74 Å². The van der Waals surface area contributed by atoms with Gasteiger partial charge in [-0.15, -0.1) is 11.8 Å². The van der Waals surface area contributed by atoms with Gasteiger partial charge in [0.25, 0.3) is 0 Å². The molecule has 0 aromatic heterocycles. The number of carbonyl (C=O) groups is 1. The molecule has 0 saturated carbocycles. The molecule has 0 fully saturated rings. The molecule has 1 aliphatic rings. The molecule has 1 atom stereocenters. The topological polar surface area (TPSA) is 41.6 Å². The van der Waals surface area contributed by atoms with Gasteiger partial charge in [0, 0.05) is 22.4 Å². The van der Waals surface area contributed by atoms with Crippen LogP contribution in [-0.2, 0) is 0 Å². The van der Waals surface area contributed by atoms with E-state index in [1.807, 2.05) is 66.1 Å². The Balaban J connectivity index is 1.75. The second kappa shape index (κ2) is 6.96. The smallest absolute Gasteiger partial charge is 0.326 e. The van der Waals surface area contributed by atoms with Gasteiger partial charge in [-0.05, 0) is 43.3 Å². The molecule has 1 heterocycles. The molecule has 3 rings (SSSR count). The SMILES string of the molecule is CCOc1ccc(NC(=O)N2C[C@@H](C)Sc3ccccc32)cc1. The third-order valence-corrected chi connectivity index (χ3v) is 4.74. The number of nitrogens with zero attached hydrogens (tertiary/aromatic N) is 1. The predicted octanol–water partition coefficient (Wildman–Crippen LogP) is 4.62. The molecule has 0 unspecified atom stereocenters. The molecule has 0 radical (unpaired) electrons. The van der Waals surface area contributed by atoms with Crippen LogP contribution in [0.25, 0.3) is 0 Å². The summed E-state index contributed by atoms with van der Waals surface area (Å²) < 4.78 is 5.42. The number of para-hydroxylation sites is 1. The average Bonchev–Trinajstić information content (AvgIpc) is 2.56. The Morgan fingerprint density at radius 1 is 1.26 bits per heavy atom. The number of hydrogen-bond donors (Lipinski definition) is 1.